The van der Waals surface area contributed by atoms with E-state index in [0.717, 1.165) is 18.7 Å². The van der Waals surface area contributed by atoms with Crippen molar-refractivity contribution in [1.29, 1.82) is 0 Å². The molecule has 0 aromatic rings. The first-order valence-corrected chi connectivity index (χ1v) is 4.97. The Morgan fingerprint density at radius 3 is 2.17 bits per heavy atom. The predicted molar refractivity (Wildman–Crippen MR) is 57.0 cm³/mol. The third-order valence-corrected chi connectivity index (χ3v) is 1.65. The van der Waals surface area contributed by atoms with Crippen molar-refractivity contribution in [1.82, 2.24) is 4.90 Å². The molecule has 0 aliphatic rings. The van der Waals surface area contributed by atoms with Gasteiger partial charge in [-0.1, -0.05) is 12.2 Å². The van der Waals surface area contributed by atoms with Gasteiger partial charge in [-0.25, -0.2) is 0 Å². The summed E-state index contributed by atoms with van der Waals surface area (Å²) in [5.41, 5.74) is 1.03. The van der Waals surface area contributed by atoms with E-state index in [0.29, 0.717) is 11.8 Å². The van der Waals surface area contributed by atoms with E-state index in [4.69, 9.17) is 23.2 Å². The van der Waals surface area contributed by atoms with Crippen LogP contribution < -0.4 is 0 Å². The highest BCUT2D eigenvalue weighted by Gasteiger charge is 1.95. The van der Waals surface area contributed by atoms with Crippen LogP contribution in [0.2, 0.25) is 0 Å². The molecule has 0 unspecified atom stereocenters. The maximum Gasteiger partial charge on any atom is 0.0399 e. The zero-order valence-corrected chi connectivity index (χ0v) is 8.91. The van der Waals surface area contributed by atoms with Gasteiger partial charge >= 0.3 is 0 Å². The molecule has 0 amide bonds. The molecular formula is C9H15Cl2N. The average Bonchev–Trinajstić information content (AvgIpc) is 2.01. The third-order valence-electron chi connectivity index (χ3n) is 1.31. The van der Waals surface area contributed by atoms with E-state index in [1.807, 2.05) is 19.2 Å². The van der Waals surface area contributed by atoms with Gasteiger partial charge in [0.25, 0.3) is 0 Å². The van der Waals surface area contributed by atoms with Crippen LogP contribution in [-0.4, -0.2) is 29.7 Å². The molecule has 0 atom stereocenters. The molecule has 0 aliphatic carbocycles. The first-order chi connectivity index (χ1) is 5.70. The van der Waals surface area contributed by atoms with E-state index >= 15 is 0 Å². The van der Waals surface area contributed by atoms with Crippen LogP contribution in [0.5, 0.6) is 0 Å². The predicted octanol–water partition coefficient (Wildman–Crippen LogP) is 2.86. The van der Waals surface area contributed by atoms with E-state index in [1.165, 1.54) is 0 Å². The molecule has 1 nitrogen and oxygen atoms in total. The van der Waals surface area contributed by atoms with E-state index in [9.17, 15) is 0 Å². The van der Waals surface area contributed by atoms with Gasteiger partial charge in [-0.05, 0) is 19.2 Å². The normalized spacial score (nSPS) is 10.6. The van der Waals surface area contributed by atoms with Gasteiger partial charge in [-0.15, -0.1) is 23.2 Å². The molecule has 0 rings (SSSR count). The lowest BCUT2D eigenvalue weighted by atomic mass is 10.3. The van der Waals surface area contributed by atoms with Crippen LogP contribution in [0.3, 0.4) is 0 Å². The molecule has 0 bridgehead atoms. The lowest BCUT2D eigenvalue weighted by molar-refractivity contribution is 0.423. The number of allylic oxidation sites excluding steroid dienone is 2. The summed E-state index contributed by atoms with van der Waals surface area (Å²) >= 11 is 11.2. The second-order valence-electron chi connectivity index (χ2n) is 2.58. The highest BCUT2D eigenvalue weighted by atomic mass is 35.5. The molecule has 0 aromatic carbocycles. The number of rotatable bonds is 6. The van der Waals surface area contributed by atoms with E-state index in [1.54, 1.807) is 0 Å². The van der Waals surface area contributed by atoms with Gasteiger partial charge in [-0.3, -0.25) is 0 Å². The van der Waals surface area contributed by atoms with Gasteiger partial charge in [-0.2, -0.15) is 0 Å². The second kappa shape index (κ2) is 7.51. The lowest BCUT2D eigenvalue weighted by Crippen LogP contribution is -2.21. The quantitative estimate of drug-likeness (QED) is 0.479. The van der Waals surface area contributed by atoms with Gasteiger partial charge in [0.05, 0.1) is 0 Å². The SMILES string of the molecule is C=C(C)/C=C/N(CCCl)CCCl. The summed E-state index contributed by atoms with van der Waals surface area (Å²) in [6.07, 6.45) is 3.94. The zero-order chi connectivity index (χ0) is 9.40. The Morgan fingerprint density at radius 1 is 1.33 bits per heavy atom. The molecular weight excluding hydrogens is 193 g/mol. The molecule has 0 aromatic heterocycles. The topological polar surface area (TPSA) is 3.24 Å². The second-order valence-corrected chi connectivity index (χ2v) is 3.33. The maximum absolute atomic E-state index is 5.61. The van der Waals surface area contributed by atoms with Gasteiger partial charge in [0, 0.05) is 24.8 Å². The summed E-state index contributed by atoms with van der Waals surface area (Å²) in [6, 6.07) is 0. The number of halogens is 2. The highest BCUT2D eigenvalue weighted by molar-refractivity contribution is 6.18. The Labute approximate surface area is 84.6 Å². The van der Waals surface area contributed by atoms with E-state index < -0.39 is 0 Å². The molecule has 0 radical (unpaired) electrons. The van der Waals surface area contributed by atoms with Crippen molar-refractivity contribution in [3.05, 3.63) is 24.4 Å². The average molecular weight is 208 g/mol. The highest BCUT2D eigenvalue weighted by Crippen LogP contribution is 1.96. The fraction of sp³-hybridized carbons (Fsp3) is 0.556. The molecule has 0 spiro atoms. The number of alkyl halides is 2. The number of nitrogens with zero attached hydrogens (tertiary/aromatic N) is 1. The Bertz CT molecular complexity index is 149. The minimum atomic E-state index is 0.622. The van der Waals surface area contributed by atoms with E-state index in [2.05, 4.69) is 11.5 Å². The van der Waals surface area contributed by atoms with Crippen LogP contribution in [0, 0.1) is 0 Å². The molecule has 0 saturated carbocycles. The standard InChI is InChI=1S/C9H15Cl2N/c1-9(2)3-6-12(7-4-10)8-5-11/h3,6H,1,4-5,7-8H2,2H3/b6-3+. The summed E-state index contributed by atoms with van der Waals surface area (Å²) in [7, 11) is 0. The van der Waals surface area contributed by atoms with Crippen LogP contribution in [0.15, 0.2) is 24.4 Å². The van der Waals surface area contributed by atoms with Crippen molar-refractivity contribution in [3.8, 4) is 0 Å². The smallest absolute Gasteiger partial charge is 0.0399 e. The van der Waals surface area contributed by atoms with Crippen molar-refractivity contribution in [3.63, 3.8) is 0 Å². The molecule has 0 N–H and O–H groups in total. The first kappa shape index (κ1) is 11.9. The van der Waals surface area contributed by atoms with Gasteiger partial charge in [0.2, 0.25) is 0 Å². The molecule has 0 fully saturated rings. The summed E-state index contributed by atoms with van der Waals surface area (Å²) in [5, 5.41) is 0. The van der Waals surface area contributed by atoms with Crippen molar-refractivity contribution in [2.45, 2.75) is 6.92 Å². The van der Waals surface area contributed by atoms with Crippen LogP contribution in [-0.2, 0) is 0 Å². The van der Waals surface area contributed by atoms with Crippen LogP contribution in [0.1, 0.15) is 6.92 Å². The van der Waals surface area contributed by atoms with Gasteiger partial charge < -0.3 is 4.90 Å². The van der Waals surface area contributed by atoms with Crippen molar-refractivity contribution in [2.24, 2.45) is 0 Å². The molecule has 12 heavy (non-hydrogen) atoms. The molecule has 0 heterocycles. The van der Waals surface area contributed by atoms with Crippen molar-refractivity contribution >= 4 is 23.2 Å². The van der Waals surface area contributed by atoms with Crippen LogP contribution in [0.25, 0.3) is 0 Å². The van der Waals surface area contributed by atoms with Gasteiger partial charge in [0.15, 0.2) is 0 Å². The number of hydrogen-bond acceptors (Lipinski definition) is 1. The summed E-state index contributed by atoms with van der Waals surface area (Å²) in [6.45, 7) is 7.39. The number of hydrogen-bond donors (Lipinski definition) is 0. The summed E-state index contributed by atoms with van der Waals surface area (Å²) in [5.74, 6) is 1.24. The van der Waals surface area contributed by atoms with Crippen LogP contribution >= 0.6 is 23.2 Å². The fourth-order valence-corrected chi connectivity index (χ4v) is 1.14. The van der Waals surface area contributed by atoms with Crippen molar-refractivity contribution < 1.29 is 0 Å². The first-order valence-electron chi connectivity index (χ1n) is 3.90. The monoisotopic (exact) mass is 207 g/mol. The Kier molecular flexibility index (Phi) is 7.42. The van der Waals surface area contributed by atoms with E-state index in [-0.39, 0.29) is 0 Å². The fourth-order valence-electron chi connectivity index (χ4n) is 0.711. The Morgan fingerprint density at radius 2 is 1.83 bits per heavy atom. The largest absolute Gasteiger partial charge is 0.375 e. The molecule has 0 saturated heterocycles. The zero-order valence-electron chi connectivity index (χ0n) is 7.39. The van der Waals surface area contributed by atoms with Crippen molar-refractivity contribution in [2.75, 3.05) is 24.8 Å². The minimum Gasteiger partial charge on any atom is -0.375 e. The Balaban J connectivity index is 3.84. The summed E-state index contributed by atoms with van der Waals surface area (Å²) in [4.78, 5) is 2.08. The molecule has 3 heteroatoms. The Hall–Kier alpha value is -0.140. The lowest BCUT2D eigenvalue weighted by Gasteiger charge is -2.17. The summed E-state index contributed by atoms with van der Waals surface area (Å²) < 4.78 is 0. The van der Waals surface area contributed by atoms with Gasteiger partial charge in [0.1, 0.15) is 0 Å². The maximum atomic E-state index is 5.61. The molecule has 0 aliphatic heterocycles. The minimum absolute atomic E-state index is 0.622. The molecule has 70 valence electrons. The third kappa shape index (κ3) is 6.56. The van der Waals surface area contributed by atoms with Crippen LogP contribution in [0.4, 0.5) is 0 Å².